The SMILES string of the molecule is CCCN1CCC(NC(=NCC(=O)Nc2ccc(O)cc2)NCC)CC1.I. The first-order valence-electron chi connectivity index (χ1n) is 9.46. The molecule has 152 valence electrons. The topological polar surface area (TPSA) is 89.0 Å². The summed E-state index contributed by atoms with van der Waals surface area (Å²) in [7, 11) is 0. The fraction of sp³-hybridized carbons (Fsp3) is 0.579. The van der Waals surface area contributed by atoms with Gasteiger partial charge in [-0.3, -0.25) is 4.79 Å². The minimum Gasteiger partial charge on any atom is -0.508 e. The number of rotatable bonds is 7. The molecule has 7 nitrogen and oxygen atoms in total. The third kappa shape index (κ3) is 8.79. The first kappa shape index (κ1) is 23.5. The zero-order valence-corrected chi connectivity index (χ0v) is 18.5. The molecule has 27 heavy (non-hydrogen) atoms. The van der Waals surface area contributed by atoms with E-state index in [9.17, 15) is 9.90 Å². The van der Waals surface area contributed by atoms with Crippen LogP contribution in [0.25, 0.3) is 0 Å². The molecule has 2 rings (SSSR count). The van der Waals surface area contributed by atoms with E-state index >= 15 is 0 Å². The van der Waals surface area contributed by atoms with Gasteiger partial charge in [0, 0.05) is 31.4 Å². The molecule has 1 aromatic carbocycles. The lowest BCUT2D eigenvalue weighted by Gasteiger charge is -2.32. The van der Waals surface area contributed by atoms with E-state index in [4.69, 9.17) is 0 Å². The molecule has 4 N–H and O–H groups in total. The van der Waals surface area contributed by atoms with Gasteiger partial charge in [-0.05, 0) is 57.0 Å². The summed E-state index contributed by atoms with van der Waals surface area (Å²) < 4.78 is 0. The minimum absolute atomic E-state index is 0. The van der Waals surface area contributed by atoms with E-state index in [-0.39, 0.29) is 42.2 Å². The Morgan fingerprint density at radius 1 is 1.22 bits per heavy atom. The van der Waals surface area contributed by atoms with Gasteiger partial charge in [0.2, 0.25) is 5.91 Å². The Balaban J connectivity index is 0.00000364. The van der Waals surface area contributed by atoms with Crippen LogP contribution in [0.4, 0.5) is 5.69 Å². The van der Waals surface area contributed by atoms with E-state index in [0.717, 1.165) is 39.0 Å². The molecule has 1 aliphatic heterocycles. The van der Waals surface area contributed by atoms with E-state index in [1.165, 1.54) is 18.6 Å². The Kier molecular flexibility index (Phi) is 11.1. The number of hydrogen-bond acceptors (Lipinski definition) is 4. The number of likely N-dealkylation sites (tertiary alicyclic amines) is 1. The summed E-state index contributed by atoms with van der Waals surface area (Å²) in [4.78, 5) is 19.0. The lowest BCUT2D eigenvalue weighted by Crippen LogP contribution is -2.49. The van der Waals surface area contributed by atoms with E-state index in [2.05, 4.69) is 32.8 Å². The van der Waals surface area contributed by atoms with Crippen molar-refractivity contribution in [1.29, 1.82) is 0 Å². The fourth-order valence-corrected chi connectivity index (χ4v) is 3.03. The first-order valence-corrected chi connectivity index (χ1v) is 9.46. The lowest BCUT2D eigenvalue weighted by molar-refractivity contribution is -0.114. The zero-order chi connectivity index (χ0) is 18.8. The third-order valence-corrected chi connectivity index (χ3v) is 4.34. The number of halogens is 1. The molecule has 0 aromatic heterocycles. The minimum atomic E-state index is -0.189. The molecule has 0 bridgehead atoms. The van der Waals surface area contributed by atoms with Gasteiger partial charge in [-0.15, -0.1) is 24.0 Å². The van der Waals surface area contributed by atoms with E-state index in [0.29, 0.717) is 17.7 Å². The number of anilines is 1. The van der Waals surface area contributed by atoms with Crippen molar-refractivity contribution in [3.8, 4) is 5.75 Å². The van der Waals surface area contributed by atoms with Crippen molar-refractivity contribution >= 4 is 41.5 Å². The summed E-state index contributed by atoms with van der Waals surface area (Å²) >= 11 is 0. The van der Waals surface area contributed by atoms with Crippen LogP contribution in [-0.2, 0) is 4.79 Å². The first-order chi connectivity index (χ1) is 12.6. The summed E-state index contributed by atoms with van der Waals surface area (Å²) in [5.41, 5.74) is 0.643. The van der Waals surface area contributed by atoms with E-state index in [1.807, 2.05) is 6.92 Å². The molecule has 8 heteroatoms. The van der Waals surface area contributed by atoms with Gasteiger partial charge < -0.3 is 26.0 Å². The highest BCUT2D eigenvalue weighted by molar-refractivity contribution is 14.0. The number of phenols is 1. The number of carbonyl (C=O) groups is 1. The van der Waals surface area contributed by atoms with Crippen LogP contribution >= 0.6 is 24.0 Å². The van der Waals surface area contributed by atoms with Crippen LogP contribution in [0.1, 0.15) is 33.1 Å². The number of piperidine rings is 1. The van der Waals surface area contributed by atoms with Crippen molar-refractivity contribution in [2.45, 2.75) is 39.2 Å². The largest absolute Gasteiger partial charge is 0.508 e. The van der Waals surface area contributed by atoms with E-state index < -0.39 is 0 Å². The highest BCUT2D eigenvalue weighted by Crippen LogP contribution is 2.13. The summed E-state index contributed by atoms with van der Waals surface area (Å²) in [6, 6.07) is 6.78. The molecule has 0 radical (unpaired) electrons. The molecule has 1 aliphatic rings. The number of aromatic hydroxyl groups is 1. The summed E-state index contributed by atoms with van der Waals surface area (Å²) in [6.07, 6.45) is 3.37. The predicted octanol–water partition coefficient (Wildman–Crippen LogP) is 2.38. The maximum atomic E-state index is 12.1. The summed E-state index contributed by atoms with van der Waals surface area (Å²) in [5, 5.41) is 18.7. The van der Waals surface area contributed by atoms with Crippen LogP contribution in [-0.4, -0.2) is 60.6 Å². The molecular weight excluding hydrogens is 457 g/mol. The third-order valence-electron chi connectivity index (χ3n) is 4.34. The molecule has 0 aliphatic carbocycles. The second-order valence-corrected chi connectivity index (χ2v) is 6.55. The van der Waals surface area contributed by atoms with E-state index in [1.54, 1.807) is 12.1 Å². The molecule has 1 saturated heterocycles. The molecule has 0 unspecified atom stereocenters. The van der Waals surface area contributed by atoms with Gasteiger partial charge in [0.05, 0.1) is 0 Å². The number of nitrogens with one attached hydrogen (secondary N) is 3. The van der Waals surface area contributed by atoms with Crippen molar-refractivity contribution in [1.82, 2.24) is 15.5 Å². The highest BCUT2D eigenvalue weighted by Gasteiger charge is 2.19. The number of hydrogen-bond donors (Lipinski definition) is 4. The number of carbonyl (C=O) groups excluding carboxylic acids is 1. The quantitative estimate of drug-likeness (QED) is 0.205. The van der Waals surface area contributed by atoms with Crippen molar-refractivity contribution in [3.05, 3.63) is 24.3 Å². The van der Waals surface area contributed by atoms with Gasteiger partial charge in [-0.1, -0.05) is 6.92 Å². The number of guanidine groups is 1. The lowest BCUT2D eigenvalue weighted by atomic mass is 10.1. The average molecular weight is 489 g/mol. The number of amides is 1. The van der Waals surface area contributed by atoms with Gasteiger partial charge in [0.25, 0.3) is 0 Å². The standard InChI is InChI=1S/C19H31N5O2.HI/c1-3-11-24-12-9-16(10-13-24)23-19(20-4-2)21-14-18(26)22-15-5-7-17(25)8-6-15;/h5-8,16,25H,3-4,9-14H2,1-2H3,(H,22,26)(H2,20,21,23);1H. The van der Waals surface area contributed by atoms with Gasteiger partial charge in [-0.2, -0.15) is 0 Å². The van der Waals surface area contributed by atoms with Crippen LogP contribution in [0, 0.1) is 0 Å². The van der Waals surface area contributed by atoms with Crippen molar-refractivity contribution in [2.75, 3.05) is 38.0 Å². The Bertz CT molecular complexity index is 586. The van der Waals surface area contributed by atoms with Gasteiger partial charge in [0.15, 0.2) is 5.96 Å². The summed E-state index contributed by atoms with van der Waals surface area (Å²) in [5.74, 6) is 0.664. The molecule has 1 heterocycles. The maximum Gasteiger partial charge on any atom is 0.246 e. The number of nitrogens with zero attached hydrogens (tertiary/aromatic N) is 2. The molecule has 0 saturated carbocycles. The Labute approximate surface area is 179 Å². The molecule has 1 aromatic rings. The fourth-order valence-electron chi connectivity index (χ4n) is 3.03. The van der Waals surface area contributed by atoms with Crippen LogP contribution < -0.4 is 16.0 Å². The van der Waals surface area contributed by atoms with Crippen LogP contribution in [0.3, 0.4) is 0 Å². The van der Waals surface area contributed by atoms with Crippen LogP contribution in [0.2, 0.25) is 0 Å². The highest BCUT2D eigenvalue weighted by atomic mass is 127. The molecule has 1 fully saturated rings. The summed E-state index contributed by atoms with van der Waals surface area (Å²) in [6.45, 7) is 8.39. The predicted molar refractivity (Wildman–Crippen MR) is 121 cm³/mol. The maximum absolute atomic E-state index is 12.1. The zero-order valence-electron chi connectivity index (χ0n) is 16.2. The van der Waals surface area contributed by atoms with Gasteiger partial charge >= 0.3 is 0 Å². The average Bonchev–Trinajstić information content (AvgIpc) is 2.64. The van der Waals surface area contributed by atoms with Gasteiger partial charge in [-0.25, -0.2) is 4.99 Å². The second-order valence-electron chi connectivity index (χ2n) is 6.55. The Morgan fingerprint density at radius 2 is 1.89 bits per heavy atom. The van der Waals surface area contributed by atoms with Crippen molar-refractivity contribution in [3.63, 3.8) is 0 Å². The molecule has 0 atom stereocenters. The number of aliphatic imine (C=N–C) groups is 1. The monoisotopic (exact) mass is 489 g/mol. The normalized spacial score (nSPS) is 15.7. The second kappa shape index (κ2) is 12.8. The van der Waals surface area contributed by atoms with Crippen molar-refractivity contribution < 1.29 is 9.90 Å². The van der Waals surface area contributed by atoms with Crippen LogP contribution in [0.15, 0.2) is 29.3 Å². The molecule has 1 amide bonds. The Hall–Kier alpha value is -1.55. The van der Waals surface area contributed by atoms with Crippen LogP contribution in [0.5, 0.6) is 5.75 Å². The number of phenolic OH excluding ortho intramolecular Hbond substituents is 1. The van der Waals surface area contributed by atoms with Crippen molar-refractivity contribution in [2.24, 2.45) is 4.99 Å². The van der Waals surface area contributed by atoms with Gasteiger partial charge in [0.1, 0.15) is 12.3 Å². The number of benzene rings is 1. The molecular formula is C19H32IN5O2. The Morgan fingerprint density at radius 3 is 2.48 bits per heavy atom. The molecule has 0 spiro atoms. The smallest absolute Gasteiger partial charge is 0.246 e.